The van der Waals surface area contributed by atoms with Crippen LogP contribution in [0.25, 0.3) is 0 Å². The van der Waals surface area contributed by atoms with E-state index < -0.39 is 0 Å². The van der Waals surface area contributed by atoms with E-state index in [1.165, 1.54) is 18.4 Å². The molecule has 1 saturated heterocycles. The summed E-state index contributed by atoms with van der Waals surface area (Å²) in [5.74, 6) is 1.21. The molecule has 3 heteroatoms. The monoisotopic (exact) mass is 246 g/mol. The zero-order valence-corrected chi connectivity index (χ0v) is 11.0. The van der Waals surface area contributed by atoms with E-state index in [1.807, 2.05) is 12.1 Å². The average Bonchev–Trinajstić information content (AvgIpc) is 3.20. The highest BCUT2D eigenvalue weighted by Crippen LogP contribution is 2.46. The number of hydrogen-bond donors (Lipinski definition) is 2. The summed E-state index contributed by atoms with van der Waals surface area (Å²) in [4.78, 5) is 2.54. The van der Waals surface area contributed by atoms with Crippen LogP contribution >= 0.6 is 0 Å². The topological polar surface area (TPSA) is 35.5 Å². The zero-order chi connectivity index (χ0) is 12.5. The Bertz CT molecular complexity index is 423. The summed E-state index contributed by atoms with van der Waals surface area (Å²) in [7, 11) is 0. The molecular weight excluding hydrogens is 224 g/mol. The summed E-state index contributed by atoms with van der Waals surface area (Å²) in [6.07, 6.45) is 2.62. The first-order valence-corrected chi connectivity index (χ1v) is 7.00. The molecular formula is C15H22N2O. The molecule has 0 spiro atoms. The molecule has 3 nitrogen and oxygen atoms in total. The van der Waals surface area contributed by atoms with Crippen LogP contribution in [0.2, 0.25) is 0 Å². The number of phenols is 1. The second-order valence-corrected chi connectivity index (χ2v) is 5.63. The van der Waals surface area contributed by atoms with Crippen molar-refractivity contribution >= 4 is 0 Å². The third kappa shape index (κ3) is 2.38. The Morgan fingerprint density at radius 2 is 2.00 bits per heavy atom. The normalized spacial score (nSPS) is 22.9. The Morgan fingerprint density at radius 1 is 1.28 bits per heavy atom. The smallest absolute Gasteiger partial charge is 0.120 e. The Hall–Kier alpha value is -1.06. The molecule has 98 valence electrons. The van der Waals surface area contributed by atoms with Gasteiger partial charge in [0, 0.05) is 37.8 Å². The van der Waals surface area contributed by atoms with E-state index in [2.05, 4.69) is 23.2 Å². The van der Waals surface area contributed by atoms with Crippen LogP contribution in [0.1, 0.15) is 30.0 Å². The highest BCUT2D eigenvalue weighted by Gasteiger charge is 2.37. The highest BCUT2D eigenvalue weighted by atomic mass is 16.3. The van der Waals surface area contributed by atoms with E-state index in [4.69, 9.17) is 0 Å². The van der Waals surface area contributed by atoms with Gasteiger partial charge in [-0.05, 0) is 31.7 Å². The van der Waals surface area contributed by atoms with Gasteiger partial charge in [0.2, 0.25) is 0 Å². The molecule has 1 aromatic rings. The predicted octanol–water partition coefficient (Wildman–Crippen LogP) is 2.06. The molecule has 2 fully saturated rings. The van der Waals surface area contributed by atoms with Gasteiger partial charge in [0.1, 0.15) is 5.75 Å². The molecule has 1 atom stereocenters. The van der Waals surface area contributed by atoms with Gasteiger partial charge in [0.25, 0.3) is 0 Å². The van der Waals surface area contributed by atoms with E-state index in [0.717, 1.165) is 37.7 Å². The fourth-order valence-corrected chi connectivity index (χ4v) is 3.03. The molecule has 1 aliphatic heterocycles. The molecule has 2 aliphatic rings. The molecule has 0 unspecified atom stereocenters. The number of benzene rings is 1. The number of nitrogens with zero attached hydrogens (tertiary/aromatic N) is 1. The number of hydrogen-bond acceptors (Lipinski definition) is 3. The van der Waals surface area contributed by atoms with Crippen molar-refractivity contribution in [2.75, 3.05) is 26.2 Å². The van der Waals surface area contributed by atoms with E-state index in [-0.39, 0.29) is 0 Å². The third-order valence-electron chi connectivity index (χ3n) is 4.12. The number of piperazine rings is 1. The summed E-state index contributed by atoms with van der Waals surface area (Å²) in [6.45, 7) is 6.42. The molecule has 3 rings (SSSR count). The summed E-state index contributed by atoms with van der Waals surface area (Å²) in [5.41, 5.74) is 2.38. The fraction of sp³-hybridized carbons (Fsp3) is 0.600. The highest BCUT2D eigenvalue weighted by molar-refractivity contribution is 5.39. The molecule has 0 amide bonds. The minimum atomic E-state index is 0.423. The van der Waals surface area contributed by atoms with Crippen LogP contribution in [0, 0.1) is 12.8 Å². The second-order valence-electron chi connectivity index (χ2n) is 5.63. The number of rotatable bonds is 3. The maximum atomic E-state index is 10.2. The first-order chi connectivity index (χ1) is 8.75. The minimum absolute atomic E-state index is 0.423. The molecule has 1 aromatic carbocycles. The Labute approximate surface area is 109 Å². The van der Waals surface area contributed by atoms with Gasteiger partial charge < -0.3 is 10.4 Å². The summed E-state index contributed by atoms with van der Waals surface area (Å²) < 4.78 is 0. The number of phenolic OH excluding ortho intramolecular Hbond substituents is 1. The molecule has 1 heterocycles. The van der Waals surface area contributed by atoms with E-state index in [9.17, 15) is 5.11 Å². The number of aryl methyl sites for hydroxylation is 1. The Morgan fingerprint density at radius 3 is 2.67 bits per heavy atom. The largest absolute Gasteiger partial charge is 0.508 e. The average molecular weight is 246 g/mol. The van der Waals surface area contributed by atoms with Gasteiger partial charge in [-0.15, -0.1) is 0 Å². The van der Waals surface area contributed by atoms with Crippen molar-refractivity contribution in [1.82, 2.24) is 10.2 Å². The summed E-state index contributed by atoms with van der Waals surface area (Å²) >= 11 is 0. The van der Waals surface area contributed by atoms with E-state index in [1.54, 1.807) is 0 Å². The Balaban J connectivity index is 1.90. The lowest BCUT2D eigenvalue weighted by atomic mass is 9.97. The number of nitrogens with one attached hydrogen (secondary N) is 1. The standard InChI is InChI=1S/C15H22N2O/c1-11-2-5-14(18)13(10-11)15(12-3-4-12)17-8-6-16-7-9-17/h2,5,10,12,15-16,18H,3-4,6-9H2,1H3/t15-/m1/s1. The lowest BCUT2D eigenvalue weighted by molar-refractivity contribution is 0.153. The van der Waals surface area contributed by atoms with Gasteiger partial charge in [-0.3, -0.25) is 4.90 Å². The van der Waals surface area contributed by atoms with Gasteiger partial charge in [0.05, 0.1) is 0 Å². The van der Waals surface area contributed by atoms with Crippen molar-refractivity contribution in [2.45, 2.75) is 25.8 Å². The lowest BCUT2D eigenvalue weighted by Gasteiger charge is -2.35. The summed E-state index contributed by atoms with van der Waals surface area (Å²) in [6, 6.07) is 6.43. The molecule has 0 aromatic heterocycles. The SMILES string of the molecule is Cc1ccc(O)c([C@@H](C2CC2)N2CCNCC2)c1. The minimum Gasteiger partial charge on any atom is -0.508 e. The van der Waals surface area contributed by atoms with Crippen LogP contribution in [-0.2, 0) is 0 Å². The van der Waals surface area contributed by atoms with Gasteiger partial charge in [-0.1, -0.05) is 17.7 Å². The van der Waals surface area contributed by atoms with E-state index in [0.29, 0.717) is 11.8 Å². The van der Waals surface area contributed by atoms with Gasteiger partial charge in [-0.2, -0.15) is 0 Å². The molecule has 0 radical (unpaired) electrons. The fourth-order valence-electron chi connectivity index (χ4n) is 3.03. The van der Waals surface area contributed by atoms with Crippen molar-refractivity contribution in [1.29, 1.82) is 0 Å². The van der Waals surface area contributed by atoms with Crippen LogP contribution in [0.4, 0.5) is 0 Å². The van der Waals surface area contributed by atoms with Gasteiger partial charge in [-0.25, -0.2) is 0 Å². The van der Waals surface area contributed by atoms with Crippen molar-refractivity contribution in [3.8, 4) is 5.75 Å². The molecule has 18 heavy (non-hydrogen) atoms. The van der Waals surface area contributed by atoms with Crippen LogP contribution in [0.5, 0.6) is 5.75 Å². The molecule has 0 bridgehead atoms. The number of aromatic hydroxyl groups is 1. The molecule has 2 N–H and O–H groups in total. The lowest BCUT2D eigenvalue weighted by Crippen LogP contribution is -2.45. The van der Waals surface area contributed by atoms with Crippen molar-refractivity contribution in [2.24, 2.45) is 5.92 Å². The van der Waals surface area contributed by atoms with Gasteiger partial charge in [0.15, 0.2) is 0 Å². The quantitative estimate of drug-likeness (QED) is 0.857. The maximum absolute atomic E-state index is 10.2. The van der Waals surface area contributed by atoms with Crippen molar-refractivity contribution in [3.63, 3.8) is 0 Å². The third-order valence-corrected chi connectivity index (χ3v) is 4.12. The second kappa shape index (κ2) is 4.90. The van der Waals surface area contributed by atoms with Crippen LogP contribution < -0.4 is 5.32 Å². The Kier molecular flexibility index (Phi) is 3.27. The van der Waals surface area contributed by atoms with Crippen LogP contribution in [0.3, 0.4) is 0 Å². The van der Waals surface area contributed by atoms with Gasteiger partial charge >= 0.3 is 0 Å². The maximum Gasteiger partial charge on any atom is 0.120 e. The van der Waals surface area contributed by atoms with Crippen LogP contribution in [-0.4, -0.2) is 36.2 Å². The first kappa shape index (κ1) is 12.0. The predicted molar refractivity (Wildman–Crippen MR) is 72.8 cm³/mol. The van der Waals surface area contributed by atoms with Crippen molar-refractivity contribution < 1.29 is 5.11 Å². The van der Waals surface area contributed by atoms with Crippen LogP contribution in [0.15, 0.2) is 18.2 Å². The molecule has 1 aliphatic carbocycles. The zero-order valence-electron chi connectivity index (χ0n) is 11.0. The summed E-state index contributed by atoms with van der Waals surface area (Å²) in [5, 5.41) is 13.6. The molecule has 1 saturated carbocycles. The van der Waals surface area contributed by atoms with Crippen molar-refractivity contribution in [3.05, 3.63) is 29.3 Å². The first-order valence-electron chi connectivity index (χ1n) is 7.00. The van der Waals surface area contributed by atoms with E-state index >= 15 is 0 Å².